The lowest BCUT2D eigenvalue weighted by Crippen LogP contribution is -1.80. The van der Waals surface area contributed by atoms with Crippen molar-refractivity contribution in [3.63, 3.8) is 0 Å². The van der Waals surface area contributed by atoms with Crippen molar-refractivity contribution in [1.82, 2.24) is 0 Å². The van der Waals surface area contributed by atoms with Crippen LogP contribution in [0.5, 0.6) is 0 Å². The molecule has 8 heavy (non-hydrogen) atoms. The quantitative estimate of drug-likeness (QED) is 0.418. The Kier molecular flexibility index (Phi) is 51.4. The van der Waals surface area contributed by atoms with Gasteiger partial charge in [-0.3, -0.25) is 0 Å². The molecule has 0 atom stereocenters. The zero-order chi connectivity index (χ0) is 4.28. The molecule has 0 amide bonds. The fourth-order valence-electron chi connectivity index (χ4n) is 0. The standard InChI is InChI=1S/C4H8O.3H2O/c1-3-4(2)5;;;/h3H2,1-2H3;3*1H2. The van der Waals surface area contributed by atoms with E-state index in [1.807, 2.05) is 6.92 Å². The minimum atomic E-state index is 0. The fourth-order valence-corrected chi connectivity index (χ4v) is 0. The first-order valence-electron chi connectivity index (χ1n) is 1.76. The first-order chi connectivity index (χ1) is 2.27. The van der Waals surface area contributed by atoms with E-state index in [0.29, 0.717) is 6.42 Å². The van der Waals surface area contributed by atoms with Crippen molar-refractivity contribution in [2.45, 2.75) is 20.3 Å². The topological polar surface area (TPSA) is 112 Å². The third-order valence-electron chi connectivity index (χ3n) is 0.498. The predicted molar refractivity (Wildman–Crippen MR) is 31.8 cm³/mol. The van der Waals surface area contributed by atoms with Gasteiger partial charge in [0.05, 0.1) is 0 Å². The van der Waals surface area contributed by atoms with Gasteiger partial charge in [-0.25, -0.2) is 0 Å². The van der Waals surface area contributed by atoms with E-state index in [1.54, 1.807) is 6.92 Å². The van der Waals surface area contributed by atoms with Gasteiger partial charge < -0.3 is 21.2 Å². The van der Waals surface area contributed by atoms with Crippen LogP contribution in [0.3, 0.4) is 0 Å². The third kappa shape index (κ3) is 47.8. The molecular formula is C4H14O4. The minimum absolute atomic E-state index is 0. The smallest absolute Gasteiger partial charge is 0.129 e. The summed E-state index contributed by atoms with van der Waals surface area (Å²) in [6.45, 7) is 3.43. The molecule has 54 valence electrons. The van der Waals surface area contributed by atoms with Gasteiger partial charge in [-0.15, -0.1) is 0 Å². The summed E-state index contributed by atoms with van der Waals surface area (Å²) in [6.07, 6.45) is 0.667. The Labute approximate surface area is 48.4 Å². The maximum absolute atomic E-state index is 9.81. The lowest BCUT2D eigenvalue weighted by Gasteiger charge is -1.71. The lowest BCUT2D eigenvalue weighted by atomic mass is 10.4. The number of hydrogen-bond acceptors (Lipinski definition) is 1. The van der Waals surface area contributed by atoms with Gasteiger partial charge >= 0.3 is 0 Å². The second kappa shape index (κ2) is 16.0. The Bertz CT molecular complexity index is 43.3. The number of hydrogen-bond donors (Lipinski definition) is 0. The summed E-state index contributed by atoms with van der Waals surface area (Å²) in [5.74, 6) is 0.255. The molecule has 0 aliphatic heterocycles. The zero-order valence-corrected chi connectivity index (χ0v) is 5.12. The summed E-state index contributed by atoms with van der Waals surface area (Å²) in [5, 5.41) is 0. The molecule has 0 heterocycles. The highest BCUT2D eigenvalue weighted by Gasteiger charge is 1.76. The monoisotopic (exact) mass is 126 g/mol. The average molecular weight is 126 g/mol. The van der Waals surface area contributed by atoms with E-state index in [0.717, 1.165) is 0 Å². The average Bonchev–Trinajstić information content (AvgIpc) is 1.38. The molecule has 0 aliphatic carbocycles. The van der Waals surface area contributed by atoms with E-state index < -0.39 is 0 Å². The molecule has 0 aliphatic rings. The van der Waals surface area contributed by atoms with Crippen LogP contribution in [0.25, 0.3) is 0 Å². The van der Waals surface area contributed by atoms with Crippen LogP contribution in [-0.2, 0) is 4.79 Å². The van der Waals surface area contributed by atoms with E-state index in [9.17, 15) is 4.79 Å². The van der Waals surface area contributed by atoms with Crippen LogP contribution >= 0.6 is 0 Å². The minimum Gasteiger partial charge on any atom is -0.412 e. The number of Topliss-reactive ketones (excluding diaryl/α,β-unsaturated/α-hetero) is 1. The first-order valence-corrected chi connectivity index (χ1v) is 1.76. The van der Waals surface area contributed by atoms with E-state index in [1.165, 1.54) is 0 Å². The Morgan fingerprint density at radius 2 is 1.38 bits per heavy atom. The number of carbonyl (C=O) groups is 1. The molecule has 0 saturated heterocycles. The molecular weight excluding hydrogens is 112 g/mol. The lowest BCUT2D eigenvalue weighted by molar-refractivity contribution is -0.116. The van der Waals surface area contributed by atoms with Crippen LogP contribution in [0.15, 0.2) is 0 Å². The molecule has 0 spiro atoms. The third-order valence-corrected chi connectivity index (χ3v) is 0.498. The molecule has 0 aromatic rings. The van der Waals surface area contributed by atoms with Crippen LogP contribution < -0.4 is 0 Å². The summed E-state index contributed by atoms with van der Waals surface area (Å²) in [4.78, 5) is 9.81. The van der Waals surface area contributed by atoms with Crippen molar-refractivity contribution < 1.29 is 21.2 Å². The SMILES string of the molecule is CCC(C)=O.O.O.O. The molecule has 0 radical (unpaired) electrons. The van der Waals surface area contributed by atoms with Crippen molar-refractivity contribution in [3.8, 4) is 0 Å². The molecule has 0 aromatic carbocycles. The summed E-state index contributed by atoms with van der Waals surface area (Å²) in [6, 6.07) is 0. The molecule has 0 aromatic heterocycles. The second-order valence-corrected chi connectivity index (χ2v) is 1.06. The predicted octanol–water partition coefficient (Wildman–Crippen LogP) is -1.49. The van der Waals surface area contributed by atoms with E-state index in [4.69, 9.17) is 0 Å². The Morgan fingerprint density at radius 1 is 1.25 bits per heavy atom. The maximum Gasteiger partial charge on any atom is 0.129 e. The normalized spacial score (nSPS) is 4.75. The number of ketones is 1. The van der Waals surface area contributed by atoms with Crippen molar-refractivity contribution in [3.05, 3.63) is 0 Å². The van der Waals surface area contributed by atoms with Gasteiger partial charge in [-0.05, 0) is 6.92 Å². The Morgan fingerprint density at radius 3 is 1.38 bits per heavy atom. The Balaban J connectivity index is -0.0000000267. The van der Waals surface area contributed by atoms with Gasteiger partial charge in [-0.1, -0.05) is 6.92 Å². The van der Waals surface area contributed by atoms with Gasteiger partial charge in [0.2, 0.25) is 0 Å². The van der Waals surface area contributed by atoms with Crippen molar-refractivity contribution in [1.29, 1.82) is 0 Å². The van der Waals surface area contributed by atoms with Crippen LogP contribution in [0, 0.1) is 0 Å². The molecule has 0 fully saturated rings. The second-order valence-electron chi connectivity index (χ2n) is 1.06. The van der Waals surface area contributed by atoms with Crippen molar-refractivity contribution >= 4 is 5.78 Å². The largest absolute Gasteiger partial charge is 0.412 e. The summed E-state index contributed by atoms with van der Waals surface area (Å²) in [7, 11) is 0. The molecule has 6 N–H and O–H groups in total. The fraction of sp³-hybridized carbons (Fsp3) is 0.750. The van der Waals surface area contributed by atoms with Crippen molar-refractivity contribution in [2.24, 2.45) is 0 Å². The van der Waals surface area contributed by atoms with E-state index in [-0.39, 0.29) is 22.2 Å². The molecule has 4 nitrogen and oxygen atoms in total. The van der Waals surface area contributed by atoms with Gasteiger partial charge in [-0.2, -0.15) is 0 Å². The highest BCUT2D eigenvalue weighted by molar-refractivity contribution is 5.74. The van der Waals surface area contributed by atoms with Crippen LogP contribution in [-0.4, -0.2) is 22.2 Å². The van der Waals surface area contributed by atoms with Crippen LogP contribution in [0.1, 0.15) is 20.3 Å². The highest BCUT2D eigenvalue weighted by atomic mass is 16.1. The molecule has 0 rings (SSSR count). The summed E-state index contributed by atoms with van der Waals surface area (Å²) < 4.78 is 0. The van der Waals surface area contributed by atoms with Gasteiger partial charge in [0.1, 0.15) is 5.78 Å². The molecule has 4 heteroatoms. The zero-order valence-electron chi connectivity index (χ0n) is 5.12. The summed E-state index contributed by atoms with van der Waals surface area (Å²) in [5.41, 5.74) is 0. The van der Waals surface area contributed by atoms with Gasteiger partial charge in [0, 0.05) is 6.42 Å². The number of rotatable bonds is 1. The highest BCUT2D eigenvalue weighted by Crippen LogP contribution is 1.71. The van der Waals surface area contributed by atoms with E-state index >= 15 is 0 Å². The summed E-state index contributed by atoms with van der Waals surface area (Å²) >= 11 is 0. The molecule has 0 saturated carbocycles. The molecule has 0 bridgehead atoms. The van der Waals surface area contributed by atoms with Gasteiger partial charge in [0.15, 0.2) is 0 Å². The maximum atomic E-state index is 9.81. The van der Waals surface area contributed by atoms with Gasteiger partial charge in [0.25, 0.3) is 0 Å². The van der Waals surface area contributed by atoms with Crippen LogP contribution in [0.2, 0.25) is 0 Å². The molecule has 0 unspecified atom stereocenters. The first kappa shape index (κ1) is 25.7. The Hall–Kier alpha value is -0.450. The van der Waals surface area contributed by atoms with Crippen LogP contribution in [0.4, 0.5) is 0 Å². The van der Waals surface area contributed by atoms with Crippen molar-refractivity contribution in [2.75, 3.05) is 0 Å². The number of carbonyl (C=O) groups excluding carboxylic acids is 1. The van der Waals surface area contributed by atoms with E-state index in [2.05, 4.69) is 0 Å².